The number of carbonyl (C=O) groups excluding carboxylic acids is 4. The predicted octanol–water partition coefficient (Wildman–Crippen LogP) is 10.2. The van der Waals surface area contributed by atoms with E-state index >= 15 is 0 Å². The maximum absolute atomic E-state index is 13.9. The minimum Gasteiger partial charge on any atom is -0.353 e. The molecule has 0 spiro atoms. The molecule has 4 N–H and O–H groups in total. The van der Waals surface area contributed by atoms with Gasteiger partial charge in [-0.25, -0.2) is 4.39 Å². The highest BCUT2D eigenvalue weighted by atomic mass is 79.9. The number of aryl methyl sites for hydroxylation is 1. The average Bonchev–Trinajstić information content (AvgIpc) is 3.31. The Bertz CT molecular complexity index is 2240. The van der Waals surface area contributed by atoms with E-state index in [1.165, 1.54) is 22.8 Å². The van der Waals surface area contributed by atoms with E-state index in [1.807, 2.05) is 42.5 Å². The Hall–Kier alpha value is -4.62. The SMILES string of the molecule is CCC(NC(=O)CCC(=O)NC1CCC(Cc2ccc(Cl)cc2)(N(C)C)CC1)c1ccccc1.Cc1cccc(CC2(N(C)C)CCC(NC(=O)CCC(=O)NCc3ccc(Br)cc3F)CC2)c1. The zero-order valence-corrected chi connectivity index (χ0v) is 43.3. The molecule has 1 unspecified atom stereocenters. The largest absolute Gasteiger partial charge is 0.353 e. The third kappa shape index (κ3) is 16.8. The first-order valence-electron chi connectivity index (χ1n) is 24.3. The number of nitrogens with zero attached hydrogens (tertiary/aromatic N) is 2. The average molecular weight is 1020 g/mol. The first-order chi connectivity index (χ1) is 32.5. The second kappa shape index (κ2) is 26.4. The Balaban J connectivity index is 0.000000254. The summed E-state index contributed by atoms with van der Waals surface area (Å²) in [4.78, 5) is 54.2. The van der Waals surface area contributed by atoms with Crippen LogP contribution < -0.4 is 21.3 Å². The van der Waals surface area contributed by atoms with Crippen molar-refractivity contribution in [1.29, 1.82) is 0 Å². The topological polar surface area (TPSA) is 123 Å². The molecule has 0 saturated heterocycles. The predicted molar refractivity (Wildman–Crippen MR) is 276 cm³/mol. The van der Waals surface area contributed by atoms with E-state index in [9.17, 15) is 23.6 Å². The molecule has 6 rings (SSSR count). The van der Waals surface area contributed by atoms with Gasteiger partial charge in [-0.3, -0.25) is 19.2 Å². The number of hydrogen-bond donors (Lipinski definition) is 4. The lowest BCUT2D eigenvalue weighted by atomic mass is 9.74. The summed E-state index contributed by atoms with van der Waals surface area (Å²) in [7, 11) is 8.58. The number of rotatable bonds is 19. The first-order valence-corrected chi connectivity index (χ1v) is 25.4. The standard InChI is InChI=1S/C28H38ClN3O2.C27H35BrFN3O2/c1-4-25(22-8-6-5-7-9-22)31-27(34)15-14-26(33)30-24-16-18-28(19-17-24,32(2)3)20-21-10-12-23(29)13-11-21;1-19-5-4-6-20(15-19)17-27(32(2)3)13-11-23(12-14-27)31-26(34)10-9-25(33)30-18-21-7-8-22(28)16-24(21)29/h5-13,24-25H,4,14-20H2,1-3H3,(H,30,33)(H,31,34);4-8,15-16,23H,9-14,17-18H2,1-3H3,(H,30,33)(H,31,34). The van der Waals surface area contributed by atoms with Crippen molar-refractivity contribution >= 4 is 51.2 Å². The number of nitrogens with one attached hydrogen (secondary N) is 4. The van der Waals surface area contributed by atoms with Gasteiger partial charge in [-0.1, -0.05) is 113 Å². The van der Waals surface area contributed by atoms with Crippen LogP contribution in [0.25, 0.3) is 0 Å². The van der Waals surface area contributed by atoms with Crippen LogP contribution in [0.1, 0.15) is 124 Å². The molecule has 68 heavy (non-hydrogen) atoms. The molecule has 4 aromatic carbocycles. The lowest BCUT2D eigenvalue weighted by Crippen LogP contribution is -2.52. The zero-order valence-electron chi connectivity index (χ0n) is 40.9. The summed E-state index contributed by atoms with van der Waals surface area (Å²) in [6.45, 7) is 4.28. The molecule has 0 radical (unpaired) electrons. The van der Waals surface area contributed by atoms with Crippen LogP contribution in [0.4, 0.5) is 4.39 Å². The smallest absolute Gasteiger partial charge is 0.220 e. The van der Waals surface area contributed by atoms with Crippen molar-refractivity contribution in [1.82, 2.24) is 31.1 Å². The number of halogens is 3. The normalized spacial score (nSPS) is 20.7. The second-order valence-electron chi connectivity index (χ2n) is 19.3. The molecular weight excluding hydrogens is 943 g/mol. The lowest BCUT2D eigenvalue weighted by molar-refractivity contribution is -0.127. The molecule has 2 saturated carbocycles. The van der Waals surface area contributed by atoms with E-state index in [0.717, 1.165) is 81.2 Å². The Kier molecular flexibility index (Phi) is 21.1. The molecule has 2 aliphatic rings. The highest BCUT2D eigenvalue weighted by molar-refractivity contribution is 9.10. The summed E-state index contributed by atoms with van der Waals surface area (Å²) in [5.41, 5.74) is 5.60. The number of carbonyl (C=O) groups is 4. The summed E-state index contributed by atoms with van der Waals surface area (Å²) < 4.78 is 14.5. The fourth-order valence-corrected chi connectivity index (χ4v) is 10.2. The maximum Gasteiger partial charge on any atom is 0.220 e. The van der Waals surface area contributed by atoms with Crippen LogP contribution in [0.15, 0.2) is 102 Å². The Morgan fingerprint density at radius 1 is 0.676 bits per heavy atom. The molecule has 0 aromatic heterocycles. The van der Waals surface area contributed by atoms with Crippen molar-refractivity contribution in [2.24, 2.45) is 0 Å². The Morgan fingerprint density at radius 3 is 1.72 bits per heavy atom. The van der Waals surface area contributed by atoms with Crippen molar-refractivity contribution in [2.75, 3.05) is 28.2 Å². The van der Waals surface area contributed by atoms with Crippen molar-refractivity contribution < 1.29 is 23.6 Å². The van der Waals surface area contributed by atoms with E-state index in [1.54, 1.807) is 12.1 Å². The van der Waals surface area contributed by atoms with Crippen LogP contribution in [0.3, 0.4) is 0 Å². The number of hydrogen-bond acceptors (Lipinski definition) is 6. The summed E-state index contributed by atoms with van der Waals surface area (Å²) in [6.07, 6.45) is 11.2. The van der Waals surface area contributed by atoms with Crippen LogP contribution in [0.2, 0.25) is 5.02 Å². The molecule has 13 heteroatoms. The van der Waals surface area contributed by atoms with E-state index in [-0.39, 0.29) is 90.9 Å². The van der Waals surface area contributed by atoms with Gasteiger partial charge in [0.05, 0.1) is 6.04 Å². The zero-order chi connectivity index (χ0) is 49.3. The number of amides is 4. The molecular formula is C55H73BrClFN6O4. The van der Waals surface area contributed by atoms with E-state index in [4.69, 9.17) is 11.6 Å². The van der Waals surface area contributed by atoms with Crippen LogP contribution in [-0.2, 0) is 38.6 Å². The van der Waals surface area contributed by atoms with Crippen molar-refractivity contribution in [3.05, 3.63) is 140 Å². The molecule has 10 nitrogen and oxygen atoms in total. The summed E-state index contributed by atoms with van der Waals surface area (Å²) in [5.74, 6) is -0.857. The van der Waals surface area contributed by atoms with E-state index < -0.39 is 0 Å². The quantitative estimate of drug-likeness (QED) is 0.0742. The van der Waals surface area contributed by atoms with Crippen LogP contribution in [-0.4, -0.2) is 84.8 Å². The van der Waals surface area contributed by atoms with E-state index in [2.05, 4.69) is 125 Å². The molecule has 4 aromatic rings. The van der Waals surface area contributed by atoms with Crippen LogP contribution >= 0.6 is 27.5 Å². The monoisotopic (exact) mass is 1010 g/mol. The lowest BCUT2D eigenvalue weighted by Gasteiger charge is -2.45. The van der Waals surface area contributed by atoms with Crippen molar-refractivity contribution in [3.63, 3.8) is 0 Å². The second-order valence-corrected chi connectivity index (χ2v) is 20.7. The molecule has 368 valence electrons. The molecule has 1 atom stereocenters. The molecule has 0 aliphatic heterocycles. The van der Waals surface area contributed by atoms with Gasteiger partial charge < -0.3 is 31.1 Å². The van der Waals surface area contributed by atoms with Gasteiger partial charge in [-0.2, -0.15) is 0 Å². The van der Waals surface area contributed by atoms with Crippen molar-refractivity contribution in [2.45, 2.75) is 146 Å². The summed E-state index contributed by atoms with van der Waals surface area (Å²) in [6, 6.07) is 31.8. The third-order valence-electron chi connectivity index (χ3n) is 14.1. The minimum atomic E-state index is -0.374. The molecule has 4 amide bonds. The minimum absolute atomic E-state index is 0.0186. The molecule has 0 bridgehead atoms. The molecule has 2 fully saturated rings. The van der Waals surface area contributed by atoms with Gasteiger partial charge >= 0.3 is 0 Å². The highest BCUT2D eigenvalue weighted by Gasteiger charge is 2.39. The van der Waals surface area contributed by atoms with Gasteiger partial charge in [0.1, 0.15) is 5.82 Å². The summed E-state index contributed by atoms with van der Waals surface area (Å²) >= 11 is 9.26. The van der Waals surface area contributed by atoms with Gasteiger partial charge in [0.25, 0.3) is 0 Å². The van der Waals surface area contributed by atoms with Gasteiger partial charge in [0.15, 0.2) is 0 Å². The van der Waals surface area contributed by atoms with E-state index in [0.29, 0.717) is 10.0 Å². The van der Waals surface area contributed by atoms with Crippen LogP contribution in [0.5, 0.6) is 0 Å². The van der Waals surface area contributed by atoms with Gasteiger partial charge in [-0.05, 0) is 147 Å². The Morgan fingerprint density at radius 2 is 1.21 bits per heavy atom. The Labute approximate surface area is 418 Å². The maximum atomic E-state index is 13.9. The number of likely N-dealkylation sites (N-methyl/N-ethyl adjacent to an activating group) is 2. The van der Waals surface area contributed by atoms with Crippen molar-refractivity contribution in [3.8, 4) is 0 Å². The molecule has 2 aliphatic carbocycles. The van der Waals surface area contributed by atoms with Gasteiger partial charge in [0.2, 0.25) is 23.6 Å². The van der Waals surface area contributed by atoms with Gasteiger partial charge in [-0.15, -0.1) is 0 Å². The highest BCUT2D eigenvalue weighted by Crippen LogP contribution is 2.37. The third-order valence-corrected chi connectivity index (χ3v) is 14.9. The summed E-state index contributed by atoms with van der Waals surface area (Å²) in [5, 5.41) is 12.8. The van der Waals surface area contributed by atoms with Crippen LogP contribution in [0, 0.1) is 12.7 Å². The van der Waals surface area contributed by atoms with Gasteiger partial charge in [0, 0.05) is 70.4 Å². The fourth-order valence-electron chi connectivity index (χ4n) is 9.72. The molecule has 0 heterocycles. The first kappa shape index (κ1) is 54.3. The number of benzene rings is 4. The fraction of sp³-hybridized carbons (Fsp3) is 0.491.